The first-order chi connectivity index (χ1) is 9.85. The maximum Gasteiger partial charge on any atom is 0.346 e. The lowest BCUT2D eigenvalue weighted by Gasteiger charge is -2.40. The first-order valence-corrected chi connectivity index (χ1v) is 7.19. The van der Waals surface area contributed by atoms with Crippen molar-refractivity contribution in [3.05, 3.63) is 0 Å². The van der Waals surface area contributed by atoms with E-state index in [9.17, 15) is 19.5 Å². The minimum Gasteiger partial charge on any atom is -0.478 e. The molecule has 2 amide bonds. The molecule has 1 unspecified atom stereocenters. The maximum absolute atomic E-state index is 12.2. The van der Waals surface area contributed by atoms with Gasteiger partial charge in [0.05, 0.1) is 6.04 Å². The van der Waals surface area contributed by atoms with Gasteiger partial charge in [0.1, 0.15) is 0 Å². The van der Waals surface area contributed by atoms with Crippen LogP contribution in [-0.4, -0.2) is 46.0 Å². The summed E-state index contributed by atoms with van der Waals surface area (Å²) in [5, 5.41) is 9.47. The van der Waals surface area contributed by atoms with Crippen LogP contribution in [0.2, 0.25) is 0 Å². The van der Waals surface area contributed by atoms with Gasteiger partial charge in [0, 0.05) is 12.8 Å². The zero-order chi connectivity index (χ0) is 16.0. The zero-order valence-corrected chi connectivity index (χ0v) is 12.1. The number of carbonyl (C=O) groups excluding carboxylic acids is 2. The lowest BCUT2D eigenvalue weighted by atomic mass is 9.93. The van der Waals surface area contributed by atoms with Crippen LogP contribution in [0.1, 0.15) is 44.9 Å². The molecule has 0 aliphatic carbocycles. The molecule has 0 bridgehead atoms. The molecule has 0 aromatic heterocycles. The Kier molecular flexibility index (Phi) is 6.25. The lowest BCUT2D eigenvalue weighted by molar-refractivity contribution is -0.169. The number of likely N-dealkylation sites (tertiary alicyclic amines) is 1. The minimum absolute atomic E-state index is 0.0988. The van der Waals surface area contributed by atoms with Crippen LogP contribution in [0.5, 0.6) is 0 Å². The second-order valence-electron chi connectivity index (χ2n) is 5.35. The van der Waals surface area contributed by atoms with E-state index in [0.29, 0.717) is 30.7 Å². The highest BCUT2D eigenvalue weighted by Gasteiger charge is 2.50. The summed E-state index contributed by atoms with van der Waals surface area (Å²) in [5.41, 5.74) is 15.0. The van der Waals surface area contributed by atoms with Gasteiger partial charge in [-0.25, -0.2) is 4.79 Å². The molecular weight excluding hydrogens is 276 g/mol. The molecule has 8 nitrogen and oxygen atoms in total. The van der Waals surface area contributed by atoms with Gasteiger partial charge < -0.3 is 16.6 Å². The number of imide groups is 1. The zero-order valence-electron chi connectivity index (χ0n) is 12.1. The summed E-state index contributed by atoms with van der Waals surface area (Å²) < 4.78 is 0. The van der Waals surface area contributed by atoms with Crippen LogP contribution in [-0.2, 0) is 14.4 Å². The van der Waals surface area contributed by atoms with Crippen LogP contribution in [0.3, 0.4) is 0 Å². The van der Waals surface area contributed by atoms with Crippen molar-refractivity contribution in [3.8, 4) is 0 Å². The molecule has 0 aromatic carbocycles. The maximum atomic E-state index is 12.2. The molecular formula is C13H24N4O4. The first-order valence-electron chi connectivity index (χ1n) is 7.19. The number of amides is 2. The van der Waals surface area contributed by atoms with Gasteiger partial charge >= 0.3 is 5.97 Å². The highest BCUT2D eigenvalue weighted by Crippen LogP contribution is 2.23. The van der Waals surface area contributed by atoms with E-state index in [2.05, 4.69) is 0 Å². The van der Waals surface area contributed by atoms with E-state index in [-0.39, 0.29) is 19.3 Å². The van der Waals surface area contributed by atoms with E-state index < -0.39 is 29.5 Å². The number of hydrogen-bond donors (Lipinski definition) is 4. The van der Waals surface area contributed by atoms with Crippen LogP contribution < -0.4 is 17.2 Å². The van der Waals surface area contributed by atoms with Gasteiger partial charge in [0.2, 0.25) is 17.5 Å². The van der Waals surface area contributed by atoms with Crippen LogP contribution in [0.15, 0.2) is 0 Å². The smallest absolute Gasteiger partial charge is 0.346 e. The second kappa shape index (κ2) is 7.48. The van der Waals surface area contributed by atoms with Crippen LogP contribution in [0, 0.1) is 0 Å². The van der Waals surface area contributed by atoms with Crippen molar-refractivity contribution in [3.63, 3.8) is 0 Å². The average molecular weight is 300 g/mol. The van der Waals surface area contributed by atoms with Crippen molar-refractivity contribution in [2.45, 2.75) is 56.7 Å². The standard InChI is InChI=1S/C13H24N4O4/c14-8-4-5-9(15)13(16,12(20)21)17-10(18)6-2-1-3-7-11(17)19/h9H,1-8,14-16H2,(H,20,21)/t9?,13-/m0/s1. The third-order valence-electron chi connectivity index (χ3n) is 3.78. The number of carboxylic acid groups (broad SMARTS) is 1. The minimum atomic E-state index is -2.22. The number of aliphatic carboxylic acids is 1. The van der Waals surface area contributed by atoms with E-state index in [4.69, 9.17) is 17.2 Å². The topological polar surface area (TPSA) is 153 Å². The van der Waals surface area contributed by atoms with Crippen molar-refractivity contribution in [2.75, 3.05) is 6.54 Å². The Labute approximate surface area is 123 Å². The SMILES string of the molecule is NCCCC(N)[C@@](N)(C(=O)O)N1C(=O)CCCCCC1=O. The molecule has 120 valence electrons. The predicted octanol–water partition coefficient (Wildman–Crippen LogP) is -0.888. The fourth-order valence-corrected chi connectivity index (χ4v) is 2.48. The van der Waals surface area contributed by atoms with Crippen molar-refractivity contribution < 1.29 is 19.5 Å². The second-order valence-corrected chi connectivity index (χ2v) is 5.35. The Morgan fingerprint density at radius 3 is 2.19 bits per heavy atom. The molecule has 1 fully saturated rings. The number of nitrogens with two attached hydrogens (primary N) is 3. The molecule has 1 aliphatic heterocycles. The predicted molar refractivity (Wildman–Crippen MR) is 75.8 cm³/mol. The summed E-state index contributed by atoms with van der Waals surface area (Å²) in [5.74, 6) is -2.63. The molecule has 21 heavy (non-hydrogen) atoms. The molecule has 8 heteroatoms. The molecule has 7 N–H and O–H groups in total. The molecule has 0 radical (unpaired) electrons. The van der Waals surface area contributed by atoms with Gasteiger partial charge in [-0.1, -0.05) is 6.42 Å². The summed E-state index contributed by atoms with van der Waals surface area (Å²) >= 11 is 0. The molecule has 1 aliphatic rings. The van der Waals surface area contributed by atoms with Crippen molar-refractivity contribution in [1.82, 2.24) is 4.90 Å². The van der Waals surface area contributed by atoms with Crippen molar-refractivity contribution >= 4 is 17.8 Å². The Morgan fingerprint density at radius 2 is 1.76 bits per heavy atom. The number of rotatable bonds is 6. The highest BCUT2D eigenvalue weighted by atomic mass is 16.4. The fourth-order valence-electron chi connectivity index (χ4n) is 2.48. The van der Waals surface area contributed by atoms with Crippen molar-refractivity contribution in [2.24, 2.45) is 17.2 Å². The third kappa shape index (κ3) is 3.78. The molecule has 0 saturated carbocycles. The van der Waals surface area contributed by atoms with E-state index in [1.165, 1.54) is 0 Å². The van der Waals surface area contributed by atoms with Gasteiger partial charge in [-0.15, -0.1) is 0 Å². The molecule has 1 saturated heterocycles. The van der Waals surface area contributed by atoms with Crippen molar-refractivity contribution in [1.29, 1.82) is 0 Å². The third-order valence-corrected chi connectivity index (χ3v) is 3.78. The van der Waals surface area contributed by atoms with Crippen LogP contribution >= 0.6 is 0 Å². The van der Waals surface area contributed by atoms with Gasteiger partial charge in [-0.2, -0.15) is 0 Å². The Morgan fingerprint density at radius 1 is 1.24 bits per heavy atom. The van der Waals surface area contributed by atoms with Gasteiger partial charge in [-0.3, -0.25) is 20.2 Å². The first kappa shape index (κ1) is 17.5. The summed E-state index contributed by atoms with van der Waals surface area (Å²) in [6.07, 6.45) is 2.85. The van der Waals surface area contributed by atoms with Crippen LogP contribution in [0.4, 0.5) is 0 Å². The number of hydrogen-bond acceptors (Lipinski definition) is 6. The molecule has 2 atom stereocenters. The Hall–Kier alpha value is -1.51. The Bertz CT molecular complexity index is 397. The number of nitrogens with zero attached hydrogens (tertiary/aromatic N) is 1. The van der Waals surface area contributed by atoms with E-state index in [1.807, 2.05) is 0 Å². The summed E-state index contributed by atoms with van der Waals surface area (Å²) in [6, 6.07) is -1.06. The van der Waals surface area contributed by atoms with Gasteiger partial charge in [0.25, 0.3) is 0 Å². The van der Waals surface area contributed by atoms with E-state index in [1.54, 1.807) is 0 Å². The number of carbonyl (C=O) groups is 3. The normalized spacial score (nSPS) is 21.4. The summed E-state index contributed by atoms with van der Waals surface area (Å²) in [6.45, 7) is 0.325. The van der Waals surface area contributed by atoms with E-state index >= 15 is 0 Å². The quantitative estimate of drug-likeness (QED) is 0.464. The van der Waals surface area contributed by atoms with E-state index in [0.717, 1.165) is 6.42 Å². The number of carboxylic acids is 1. The summed E-state index contributed by atoms with van der Waals surface area (Å²) in [4.78, 5) is 36.7. The average Bonchev–Trinajstić information content (AvgIpc) is 2.42. The highest BCUT2D eigenvalue weighted by molar-refractivity contribution is 6.01. The monoisotopic (exact) mass is 300 g/mol. The largest absolute Gasteiger partial charge is 0.478 e. The molecule has 0 spiro atoms. The van der Waals surface area contributed by atoms with Crippen LogP contribution in [0.25, 0.3) is 0 Å². The van der Waals surface area contributed by atoms with Gasteiger partial charge in [-0.05, 0) is 32.2 Å². The lowest BCUT2D eigenvalue weighted by Crippen LogP contribution is -2.73. The molecule has 1 heterocycles. The summed E-state index contributed by atoms with van der Waals surface area (Å²) in [7, 11) is 0. The van der Waals surface area contributed by atoms with Gasteiger partial charge in [0.15, 0.2) is 0 Å². The molecule has 1 rings (SSSR count). The fraction of sp³-hybridized carbons (Fsp3) is 0.769. The Balaban J connectivity index is 3.12. The molecule has 0 aromatic rings.